The van der Waals surface area contributed by atoms with Gasteiger partial charge in [-0.2, -0.15) is 0 Å². The van der Waals surface area contributed by atoms with Crippen molar-refractivity contribution in [1.82, 2.24) is 19.5 Å². The van der Waals surface area contributed by atoms with Gasteiger partial charge in [0, 0.05) is 18.2 Å². The lowest BCUT2D eigenvalue weighted by molar-refractivity contribution is 0.111. The highest BCUT2D eigenvalue weighted by Crippen LogP contribution is 2.30. The van der Waals surface area contributed by atoms with Gasteiger partial charge < -0.3 is 4.74 Å². The molecular formula is C15H14N4O2S. The van der Waals surface area contributed by atoms with Gasteiger partial charge in [-0.05, 0) is 18.9 Å². The van der Waals surface area contributed by atoms with Gasteiger partial charge in [0.2, 0.25) is 0 Å². The van der Waals surface area contributed by atoms with Gasteiger partial charge in [0.05, 0.1) is 35.7 Å². The molecule has 0 radical (unpaired) electrons. The molecule has 1 aliphatic heterocycles. The molecule has 1 atom stereocenters. The van der Waals surface area contributed by atoms with E-state index in [1.54, 1.807) is 40.7 Å². The van der Waals surface area contributed by atoms with Gasteiger partial charge in [-0.1, -0.05) is 0 Å². The van der Waals surface area contributed by atoms with E-state index in [1.807, 2.05) is 5.38 Å². The van der Waals surface area contributed by atoms with E-state index in [1.165, 1.54) is 0 Å². The van der Waals surface area contributed by atoms with Crippen LogP contribution in [-0.4, -0.2) is 26.1 Å². The Kier molecular flexibility index (Phi) is 3.44. The topological polar surface area (TPSA) is 69.9 Å². The molecule has 1 saturated heterocycles. The van der Waals surface area contributed by atoms with Gasteiger partial charge in [-0.3, -0.25) is 14.3 Å². The first-order chi connectivity index (χ1) is 10.8. The van der Waals surface area contributed by atoms with E-state index in [0.29, 0.717) is 17.4 Å². The molecule has 3 aromatic rings. The highest BCUT2D eigenvalue weighted by Gasteiger charge is 2.21. The molecule has 0 aromatic carbocycles. The zero-order chi connectivity index (χ0) is 14.9. The standard InChI is InChI=1S/C15H14N4O2S/c20-15-11-3-4-16-6-12(11)17-9-19(15)7-10-8-22-14(18-10)13-2-1-5-21-13/h3-4,6,8-9,13H,1-2,5,7H2/t13-/m0/s1. The third-order valence-electron chi connectivity index (χ3n) is 3.73. The van der Waals surface area contributed by atoms with Crippen molar-refractivity contribution >= 4 is 22.2 Å². The summed E-state index contributed by atoms with van der Waals surface area (Å²) in [6, 6.07) is 1.69. The van der Waals surface area contributed by atoms with E-state index in [-0.39, 0.29) is 11.7 Å². The molecule has 112 valence electrons. The second kappa shape index (κ2) is 5.58. The monoisotopic (exact) mass is 314 g/mol. The van der Waals surface area contributed by atoms with Crippen LogP contribution in [0.1, 0.15) is 29.6 Å². The van der Waals surface area contributed by atoms with Gasteiger partial charge in [-0.15, -0.1) is 11.3 Å². The molecule has 1 aliphatic rings. The summed E-state index contributed by atoms with van der Waals surface area (Å²) in [6.07, 6.45) is 6.99. The predicted octanol–water partition coefficient (Wildman–Crippen LogP) is 2.15. The van der Waals surface area contributed by atoms with Crippen LogP contribution in [0.15, 0.2) is 35.0 Å². The molecule has 0 unspecified atom stereocenters. The predicted molar refractivity (Wildman–Crippen MR) is 82.9 cm³/mol. The minimum Gasteiger partial charge on any atom is -0.371 e. The smallest absolute Gasteiger partial charge is 0.261 e. The van der Waals surface area contributed by atoms with Gasteiger partial charge in [0.25, 0.3) is 5.56 Å². The van der Waals surface area contributed by atoms with Crippen LogP contribution in [0, 0.1) is 0 Å². The van der Waals surface area contributed by atoms with Crippen molar-refractivity contribution in [3.63, 3.8) is 0 Å². The molecule has 3 aromatic heterocycles. The Morgan fingerprint density at radius 1 is 1.45 bits per heavy atom. The Balaban J connectivity index is 1.63. The van der Waals surface area contributed by atoms with E-state index in [4.69, 9.17) is 4.74 Å². The summed E-state index contributed by atoms with van der Waals surface area (Å²) in [5.41, 5.74) is 1.41. The van der Waals surface area contributed by atoms with Crippen LogP contribution in [0.5, 0.6) is 0 Å². The zero-order valence-electron chi connectivity index (χ0n) is 11.8. The first-order valence-corrected chi connectivity index (χ1v) is 8.04. The van der Waals surface area contributed by atoms with Gasteiger partial charge >= 0.3 is 0 Å². The Bertz CT molecular complexity index is 867. The van der Waals surface area contributed by atoms with Gasteiger partial charge in [0.1, 0.15) is 11.1 Å². The van der Waals surface area contributed by atoms with Crippen molar-refractivity contribution in [3.8, 4) is 0 Å². The molecule has 6 nitrogen and oxygen atoms in total. The normalized spacial score (nSPS) is 18.1. The van der Waals surface area contributed by atoms with Crippen LogP contribution in [0.4, 0.5) is 0 Å². The van der Waals surface area contributed by atoms with Gasteiger partial charge in [0.15, 0.2) is 0 Å². The number of hydrogen-bond acceptors (Lipinski definition) is 6. The molecule has 0 N–H and O–H groups in total. The summed E-state index contributed by atoms with van der Waals surface area (Å²) < 4.78 is 7.22. The second-order valence-electron chi connectivity index (χ2n) is 5.25. The number of pyridine rings is 1. The Hall–Kier alpha value is -2.12. The number of nitrogens with zero attached hydrogens (tertiary/aromatic N) is 4. The summed E-state index contributed by atoms with van der Waals surface area (Å²) in [5.74, 6) is 0. The first-order valence-electron chi connectivity index (χ1n) is 7.16. The van der Waals surface area contributed by atoms with Crippen LogP contribution in [-0.2, 0) is 11.3 Å². The lowest BCUT2D eigenvalue weighted by atomic mass is 10.2. The van der Waals surface area contributed by atoms with E-state index in [0.717, 1.165) is 30.2 Å². The van der Waals surface area contributed by atoms with Gasteiger partial charge in [-0.25, -0.2) is 9.97 Å². The number of thiazole rings is 1. The average Bonchev–Trinajstić information content (AvgIpc) is 3.21. The number of ether oxygens (including phenoxy) is 1. The quantitative estimate of drug-likeness (QED) is 0.741. The molecule has 1 fully saturated rings. The highest BCUT2D eigenvalue weighted by atomic mass is 32.1. The fourth-order valence-electron chi connectivity index (χ4n) is 2.61. The molecule has 22 heavy (non-hydrogen) atoms. The average molecular weight is 314 g/mol. The van der Waals surface area contributed by atoms with Crippen LogP contribution in [0.25, 0.3) is 10.9 Å². The number of rotatable bonds is 3. The summed E-state index contributed by atoms with van der Waals surface area (Å²) in [4.78, 5) is 25.3. The minimum absolute atomic E-state index is 0.0703. The van der Waals surface area contributed by atoms with Crippen molar-refractivity contribution in [3.05, 3.63) is 51.2 Å². The lowest BCUT2D eigenvalue weighted by Crippen LogP contribution is -2.21. The van der Waals surface area contributed by atoms with E-state index >= 15 is 0 Å². The fourth-order valence-corrected chi connectivity index (χ4v) is 3.50. The SMILES string of the molecule is O=c1c2ccncc2ncn1Cc1csc([C@@H]2CCCO2)n1. The van der Waals surface area contributed by atoms with E-state index in [9.17, 15) is 4.79 Å². The molecule has 7 heteroatoms. The summed E-state index contributed by atoms with van der Waals surface area (Å²) in [5, 5.41) is 3.56. The molecule has 0 saturated carbocycles. The van der Waals surface area contributed by atoms with Crippen molar-refractivity contribution < 1.29 is 4.74 Å². The van der Waals surface area contributed by atoms with Crippen molar-refractivity contribution in [2.24, 2.45) is 0 Å². The summed E-state index contributed by atoms with van der Waals surface area (Å²) in [6.45, 7) is 1.23. The number of aromatic nitrogens is 4. The first kappa shape index (κ1) is 13.5. The molecule has 0 spiro atoms. The fraction of sp³-hybridized carbons (Fsp3) is 0.333. The van der Waals surface area contributed by atoms with Crippen molar-refractivity contribution in [1.29, 1.82) is 0 Å². The van der Waals surface area contributed by atoms with Crippen LogP contribution in [0.2, 0.25) is 0 Å². The summed E-state index contributed by atoms with van der Waals surface area (Å²) in [7, 11) is 0. The maximum Gasteiger partial charge on any atom is 0.261 e. The highest BCUT2D eigenvalue weighted by molar-refractivity contribution is 7.09. The maximum atomic E-state index is 12.4. The number of hydrogen-bond donors (Lipinski definition) is 0. The molecular weight excluding hydrogens is 300 g/mol. The molecule has 0 amide bonds. The van der Waals surface area contributed by atoms with Crippen LogP contribution < -0.4 is 5.56 Å². The Morgan fingerprint density at radius 2 is 2.41 bits per heavy atom. The largest absolute Gasteiger partial charge is 0.371 e. The summed E-state index contributed by atoms with van der Waals surface area (Å²) >= 11 is 1.59. The molecule has 0 aliphatic carbocycles. The molecule has 4 rings (SSSR count). The lowest BCUT2D eigenvalue weighted by Gasteiger charge is -2.05. The van der Waals surface area contributed by atoms with Crippen molar-refractivity contribution in [2.75, 3.05) is 6.61 Å². The number of fused-ring (bicyclic) bond motifs is 1. The van der Waals surface area contributed by atoms with E-state index in [2.05, 4.69) is 15.0 Å². The van der Waals surface area contributed by atoms with Crippen LogP contribution in [0.3, 0.4) is 0 Å². The zero-order valence-corrected chi connectivity index (χ0v) is 12.6. The Labute approximate surface area is 130 Å². The van der Waals surface area contributed by atoms with E-state index < -0.39 is 0 Å². The third-order valence-corrected chi connectivity index (χ3v) is 4.72. The minimum atomic E-state index is -0.0703. The Morgan fingerprint density at radius 3 is 3.27 bits per heavy atom. The maximum absolute atomic E-state index is 12.4. The second-order valence-corrected chi connectivity index (χ2v) is 6.14. The van der Waals surface area contributed by atoms with Crippen molar-refractivity contribution in [2.45, 2.75) is 25.5 Å². The molecule has 0 bridgehead atoms. The van der Waals surface area contributed by atoms with Crippen LogP contribution >= 0.6 is 11.3 Å². The molecule has 4 heterocycles. The third kappa shape index (κ3) is 2.42.